The number of amides is 1. The molecule has 27 heavy (non-hydrogen) atoms. The maximum absolute atomic E-state index is 12.8. The first kappa shape index (κ1) is 17.6. The van der Waals surface area contributed by atoms with E-state index in [1.165, 1.54) is 6.07 Å². The number of likely N-dealkylation sites (tertiary alicyclic amines) is 1. The van der Waals surface area contributed by atoms with Gasteiger partial charge in [0.1, 0.15) is 5.82 Å². The average Bonchev–Trinajstić information content (AvgIpc) is 2.89. The Balaban J connectivity index is 1.44. The molecule has 7 heteroatoms. The van der Waals surface area contributed by atoms with Gasteiger partial charge in [-0.1, -0.05) is 30.3 Å². The minimum Gasteiger partial charge on any atom is -0.338 e. The van der Waals surface area contributed by atoms with Crippen molar-refractivity contribution in [1.29, 1.82) is 0 Å². The third-order valence-electron chi connectivity index (χ3n) is 4.96. The number of para-hydroxylation sites is 2. The highest BCUT2D eigenvalue weighted by Crippen LogP contribution is 2.31. The lowest BCUT2D eigenvalue weighted by molar-refractivity contribution is -0.138. The zero-order valence-corrected chi connectivity index (χ0v) is 14.7. The quantitative estimate of drug-likeness (QED) is 0.696. The summed E-state index contributed by atoms with van der Waals surface area (Å²) in [6.07, 6.45) is -4.43. The van der Waals surface area contributed by atoms with Crippen LogP contribution in [0, 0.1) is 6.92 Å². The molecule has 2 heterocycles. The first-order valence-electron chi connectivity index (χ1n) is 8.70. The number of imidazole rings is 1. The molecule has 0 atom stereocenters. The minimum absolute atomic E-state index is 0.0275. The van der Waals surface area contributed by atoms with Crippen LogP contribution >= 0.6 is 0 Å². The number of aryl methyl sites for hydroxylation is 1. The highest BCUT2D eigenvalue weighted by atomic mass is 19.4. The Kier molecular flexibility index (Phi) is 4.17. The number of hydrogen-bond acceptors (Lipinski definition) is 2. The van der Waals surface area contributed by atoms with Gasteiger partial charge in [0.15, 0.2) is 0 Å². The summed E-state index contributed by atoms with van der Waals surface area (Å²) in [5.74, 6) is 0.735. The molecule has 4 rings (SSSR count). The maximum atomic E-state index is 12.8. The SMILES string of the molecule is Cc1nc2ccccc2n1C1CN(C(=O)Cc2cccc(C(F)(F)F)c2)C1. The first-order chi connectivity index (χ1) is 12.8. The maximum Gasteiger partial charge on any atom is 0.416 e. The van der Waals surface area contributed by atoms with Crippen molar-refractivity contribution >= 4 is 16.9 Å². The molecule has 0 spiro atoms. The number of carbonyl (C=O) groups is 1. The molecule has 1 saturated heterocycles. The molecule has 0 N–H and O–H groups in total. The van der Waals surface area contributed by atoms with Crippen molar-refractivity contribution in [1.82, 2.24) is 14.5 Å². The molecule has 1 aromatic heterocycles. The largest absolute Gasteiger partial charge is 0.416 e. The van der Waals surface area contributed by atoms with E-state index in [0.29, 0.717) is 18.7 Å². The van der Waals surface area contributed by atoms with E-state index in [9.17, 15) is 18.0 Å². The zero-order chi connectivity index (χ0) is 19.2. The molecule has 0 radical (unpaired) electrons. The van der Waals surface area contributed by atoms with Crippen LogP contribution in [0.2, 0.25) is 0 Å². The molecule has 0 saturated carbocycles. The Morgan fingerprint density at radius 2 is 1.89 bits per heavy atom. The standard InChI is InChI=1S/C20H18F3N3O/c1-13-24-17-7-2-3-8-18(17)26(13)16-11-25(12-16)19(27)10-14-5-4-6-15(9-14)20(21,22)23/h2-9,16H,10-12H2,1H3. The smallest absolute Gasteiger partial charge is 0.338 e. The summed E-state index contributed by atoms with van der Waals surface area (Å²) in [4.78, 5) is 18.7. The third kappa shape index (κ3) is 3.29. The van der Waals surface area contributed by atoms with Crippen LogP contribution in [-0.4, -0.2) is 33.4 Å². The van der Waals surface area contributed by atoms with Crippen molar-refractivity contribution in [2.75, 3.05) is 13.1 Å². The number of nitrogens with zero attached hydrogens (tertiary/aromatic N) is 3. The second-order valence-electron chi connectivity index (χ2n) is 6.85. The number of hydrogen-bond donors (Lipinski definition) is 0. The summed E-state index contributed by atoms with van der Waals surface area (Å²) >= 11 is 0. The van der Waals surface area contributed by atoms with E-state index in [1.54, 1.807) is 11.0 Å². The molecule has 0 aliphatic carbocycles. The van der Waals surface area contributed by atoms with Gasteiger partial charge < -0.3 is 9.47 Å². The predicted molar refractivity (Wildman–Crippen MR) is 95.2 cm³/mol. The number of aromatic nitrogens is 2. The van der Waals surface area contributed by atoms with E-state index in [1.807, 2.05) is 31.2 Å². The fourth-order valence-electron chi connectivity index (χ4n) is 3.59. The van der Waals surface area contributed by atoms with Crippen LogP contribution in [-0.2, 0) is 17.4 Å². The van der Waals surface area contributed by atoms with Gasteiger partial charge in [-0.3, -0.25) is 4.79 Å². The Hall–Kier alpha value is -2.83. The lowest BCUT2D eigenvalue weighted by Gasteiger charge is -2.40. The summed E-state index contributed by atoms with van der Waals surface area (Å²) in [6.45, 7) is 3.02. The molecular formula is C20H18F3N3O. The minimum atomic E-state index is -4.40. The molecule has 3 aromatic rings. The lowest BCUT2D eigenvalue weighted by atomic mass is 10.0. The van der Waals surface area contributed by atoms with Gasteiger partial charge in [0.2, 0.25) is 5.91 Å². The molecule has 0 bridgehead atoms. The van der Waals surface area contributed by atoms with Crippen LogP contribution in [0.3, 0.4) is 0 Å². The molecule has 0 unspecified atom stereocenters. The van der Waals surface area contributed by atoms with Crippen molar-refractivity contribution in [3.8, 4) is 0 Å². The second-order valence-corrected chi connectivity index (χ2v) is 6.85. The van der Waals surface area contributed by atoms with Gasteiger partial charge in [0, 0.05) is 13.1 Å². The Labute approximate surface area is 154 Å². The van der Waals surface area contributed by atoms with Gasteiger partial charge >= 0.3 is 6.18 Å². The molecule has 1 aliphatic rings. The van der Waals surface area contributed by atoms with Gasteiger partial charge in [-0.15, -0.1) is 0 Å². The number of carbonyl (C=O) groups excluding carboxylic acids is 1. The van der Waals surface area contributed by atoms with Gasteiger partial charge in [-0.25, -0.2) is 4.98 Å². The van der Waals surface area contributed by atoms with Gasteiger partial charge in [0.25, 0.3) is 0 Å². The van der Waals surface area contributed by atoms with Crippen LogP contribution in [0.5, 0.6) is 0 Å². The van der Waals surface area contributed by atoms with Gasteiger partial charge in [0.05, 0.1) is 29.1 Å². The summed E-state index contributed by atoms with van der Waals surface area (Å²) < 4.78 is 40.6. The van der Waals surface area contributed by atoms with Crippen molar-refractivity contribution in [2.45, 2.75) is 25.6 Å². The van der Waals surface area contributed by atoms with E-state index in [0.717, 1.165) is 29.0 Å². The molecular weight excluding hydrogens is 355 g/mol. The van der Waals surface area contributed by atoms with Crippen LogP contribution in [0.1, 0.15) is 23.0 Å². The van der Waals surface area contributed by atoms with E-state index in [4.69, 9.17) is 0 Å². The highest BCUT2D eigenvalue weighted by Gasteiger charge is 2.34. The van der Waals surface area contributed by atoms with Crippen molar-refractivity contribution < 1.29 is 18.0 Å². The Morgan fingerprint density at radius 3 is 2.63 bits per heavy atom. The summed E-state index contributed by atoms with van der Waals surface area (Å²) in [7, 11) is 0. The van der Waals surface area contributed by atoms with Gasteiger partial charge in [-0.2, -0.15) is 13.2 Å². The molecule has 1 amide bonds. The fourth-order valence-corrected chi connectivity index (χ4v) is 3.59. The van der Waals surface area contributed by atoms with E-state index in [-0.39, 0.29) is 18.4 Å². The summed E-state index contributed by atoms with van der Waals surface area (Å²) in [5.41, 5.74) is 1.60. The third-order valence-corrected chi connectivity index (χ3v) is 4.96. The predicted octanol–water partition coefficient (Wildman–Crippen LogP) is 3.99. The average molecular weight is 373 g/mol. The molecule has 1 aliphatic heterocycles. The number of fused-ring (bicyclic) bond motifs is 1. The van der Waals surface area contributed by atoms with E-state index >= 15 is 0 Å². The van der Waals surface area contributed by atoms with Crippen molar-refractivity contribution in [2.24, 2.45) is 0 Å². The normalized spacial score (nSPS) is 15.2. The van der Waals surface area contributed by atoms with E-state index in [2.05, 4.69) is 9.55 Å². The Morgan fingerprint density at radius 1 is 1.15 bits per heavy atom. The molecule has 4 nitrogen and oxygen atoms in total. The van der Waals surface area contributed by atoms with Crippen LogP contribution < -0.4 is 0 Å². The van der Waals surface area contributed by atoms with Crippen LogP contribution in [0.4, 0.5) is 13.2 Å². The monoisotopic (exact) mass is 373 g/mol. The number of alkyl halides is 3. The topological polar surface area (TPSA) is 38.1 Å². The molecule has 1 fully saturated rings. The number of benzene rings is 2. The lowest BCUT2D eigenvalue weighted by Crippen LogP contribution is -2.51. The number of rotatable bonds is 3. The zero-order valence-electron chi connectivity index (χ0n) is 14.7. The Bertz CT molecular complexity index is 1000. The van der Waals surface area contributed by atoms with Crippen LogP contribution in [0.25, 0.3) is 11.0 Å². The molecule has 2 aromatic carbocycles. The summed E-state index contributed by atoms with van der Waals surface area (Å²) in [5, 5.41) is 0. The number of halogens is 3. The summed E-state index contributed by atoms with van der Waals surface area (Å²) in [6, 6.07) is 12.9. The van der Waals surface area contributed by atoms with Crippen molar-refractivity contribution in [3.05, 3.63) is 65.5 Å². The fraction of sp³-hybridized carbons (Fsp3) is 0.300. The van der Waals surface area contributed by atoms with E-state index < -0.39 is 11.7 Å². The first-order valence-corrected chi connectivity index (χ1v) is 8.70. The highest BCUT2D eigenvalue weighted by molar-refractivity contribution is 5.80. The second kappa shape index (κ2) is 6.40. The van der Waals surface area contributed by atoms with Gasteiger partial charge in [-0.05, 0) is 30.7 Å². The molecule has 140 valence electrons. The van der Waals surface area contributed by atoms with Crippen molar-refractivity contribution in [3.63, 3.8) is 0 Å². The van der Waals surface area contributed by atoms with Crippen LogP contribution in [0.15, 0.2) is 48.5 Å².